The smallest absolute Gasteiger partial charge is 0.144 e. The Morgan fingerprint density at radius 1 is 1.38 bits per heavy atom. The van der Waals surface area contributed by atoms with Crippen molar-refractivity contribution in [2.45, 2.75) is 36.6 Å². The summed E-state index contributed by atoms with van der Waals surface area (Å²) in [6, 6.07) is 8.32. The molecular weight excluding hydrogens is 320 g/mol. The van der Waals surface area contributed by atoms with Crippen molar-refractivity contribution < 1.29 is 4.79 Å². The van der Waals surface area contributed by atoms with Gasteiger partial charge in [0.1, 0.15) is 11.8 Å². The highest BCUT2D eigenvalue weighted by Crippen LogP contribution is 2.42. The van der Waals surface area contributed by atoms with E-state index in [-0.39, 0.29) is 5.38 Å². The average Bonchev–Trinajstić information content (AvgIpc) is 2.57. The zero-order valence-corrected chi connectivity index (χ0v) is 14.9. The summed E-state index contributed by atoms with van der Waals surface area (Å²) in [5.41, 5.74) is 2.67. The van der Waals surface area contributed by atoms with E-state index in [0.717, 1.165) is 42.2 Å². The van der Waals surface area contributed by atoms with Crippen molar-refractivity contribution in [2.75, 3.05) is 13.7 Å². The highest BCUT2D eigenvalue weighted by molar-refractivity contribution is 6.22. The minimum atomic E-state index is -0.615. The molecule has 0 aromatic heterocycles. The van der Waals surface area contributed by atoms with Crippen LogP contribution in [0.2, 0.25) is 0 Å². The number of rotatable bonds is 7. The Kier molecular flexibility index (Phi) is 5.54. The van der Waals surface area contributed by atoms with Crippen molar-refractivity contribution in [1.82, 2.24) is 10.6 Å². The summed E-state index contributed by atoms with van der Waals surface area (Å²) in [5.74, 6) is 0.357. The van der Waals surface area contributed by atoms with Crippen LogP contribution in [-0.4, -0.2) is 25.4 Å². The zero-order valence-electron chi connectivity index (χ0n) is 14.1. The fraction of sp³-hybridized carbons (Fsp3) is 0.450. The van der Waals surface area contributed by atoms with Crippen LogP contribution in [0.1, 0.15) is 36.8 Å². The first-order valence-electron chi connectivity index (χ1n) is 8.69. The maximum Gasteiger partial charge on any atom is 0.144 e. The molecule has 24 heavy (non-hydrogen) atoms. The molecule has 2 N–H and O–H groups in total. The molecule has 2 aliphatic carbocycles. The molecule has 1 saturated carbocycles. The third kappa shape index (κ3) is 3.34. The normalized spacial score (nSPS) is 23.2. The van der Waals surface area contributed by atoms with Gasteiger partial charge < -0.3 is 10.1 Å². The summed E-state index contributed by atoms with van der Waals surface area (Å²) >= 11 is 6.26. The second-order valence-corrected chi connectivity index (χ2v) is 7.24. The fourth-order valence-corrected chi connectivity index (χ4v) is 3.82. The van der Waals surface area contributed by atoms with Crippen molar-refractivity contribution in [2.24, 2.45) is 5.92 Å². The van der Waals surface area contributed by atoms with Crippen molar-refractivity contribution >= 4 is 23.5 Å². The Labute approximate surface area is 149 Å². The zero-order chi connectivity index (χ0) is 17.0. The predicted octanol–water partition coefficient (Wildman–Crippen LogP) is 3.60. The Bertz CT molecular complexity index is 651. The molecule has 0 spiro atoms. The van der Waals surface area contributed by atoms with Crippen molar-refractivity contribution in [3.05, 3.63) is 53.6 Å². The highest BCUT2D eigenvalue weighted by atomic mass is 35.5. The van der Waals surface area contributed by atoms with E-state index in [1.54, 1.807) is 0 Å². The van der Waals surface area contributed by atoms with Crippen LogP contribution in [0.25, 0.3) is 5.57 Å². The van der Waals surface area contributed by atoms with Crippen LogP contribution in [0.4, 0.5) is 0 Å². The average molecular weight is 345 g/mol. The van der Waals surface area contributed by atoms with Crippen LogP contribution in [0.3, 0.4) is 0 Å². The molecule has 0 aliphatic heterocycles. The van der Waals surface area contributed by atoms with Gasteiger partial charge in [-0.1, -0.05) is 42.8 Å². The van der Waals surface area contributed by atoms with E-state index in [1.807, 2.05) is 13.1 Å². The lowest BCUT2D eigenvalue weighted by Gasteiger charge is -2.43. The van der Waals surface area contributed by atoms with Gasteiger partial charge in [0.25, 0.3) is 0 Å². The number of alkyl halides is 1. The maximum absolute atomic E-state index is 12.2. The van der Waals surface area contributed by atoms with Gasteiger partial charge in [0.2, 0.25) is 0 Å². The summed E-state index contributed by atoms with van der Waals surface area (Å²) in [4.78, 5) is 12.2. The van der Waals surface area contributed by atoms with Gasteiger partial charge in [-0.3, -0.25) is 5.32 Å². The molecule has 128 valence electrons. The van der Waals surface area contributed by atoms with Crippen LogP contribution in [0.15, 0.2) is 42.5 Å². The molecule has 1 aromatic carbocycles. The summed E-state index contributed by atoms with van der Waals surface area (Å²) in [6.45, 7) is 0.603. The Morgan fingerprint density at radius 2 is 2.21 bits per heavy atom. The summed E-state index contributed by atoms with van der Waals surface area (Å²) in [6.07, 6.45) is 11.7. The van der Waals surface area contributed by atoms with Crippen LogP contribution < -0.4 is 10.6 Å². The van der Waals surface area contributed by atoms with Gasteiger partial charge in [-0.2, -0.15) is 0 Å². The number of allylic oxidation sites excluding steroid dienone is 4. The van der Waals surface area contributed by atoms with Crippen molar-refractivity contribution in [1.29, 1.82) is 0 Å². The standard InChI is InChI=1S/C20H25ClN2O/c1-22-14-23-20(13-24,17-7-4-8-17)18-9-2-5-15(11-18)16-6-3-10-19(21)12-16/h2-3,5-6,9,11-13,17,19,22-23H,4,7-8,10,14H2,1H3. The third-order valence-corrected chi connectivity index (χ3v) is 5.49. The molecule has 2 atom stereocenters. The van der Waals surface area contributed by atoms with E-state index in [9.17, 15) is 4.79 Å². The molecule has 1 fully saturated rings. The number of hydrogen-bond donors (Lipinski definition) is 2. The molecule has 0 amide bonds. The first-order valence-corrected chi connectivity index (χ1v) is 9.12. The first kappa shape index (κ1) is 17.4. The van der Waals surface area contributed by atoms with Gasteiger partial charge in [0.05, 0.1) is 5.38 Å². The minimum absolute atomic E-state index is 0.0403. The molecule has 0 heterocycles. The third-order valence-electron chi connectivity index (χ3n) is 5.19. The van der Waals surface area contributed by atoms with Crippen molar-refractivity contribution in [3.8, 4) is 0 Å². The van der Waals surface area contributed by atoms with Gasteiger partial charge >= 0.3 is 0 Å². The van der Waals surface area contributed by atoms with E-state index in [1.165, 1.54) is 6.42 Å². The molecule has 0 saturated heterocycles. The quantitative estimate of drug-likeness (QED) is 0.451. The van der Waals surface area contributed by atoms with Crippen LogP contribution in [-0.2, 0) is 10.3 Å². The van der Waals surface area contributed by atoms with Gasteiger partial charge in [-0.05, 0) is 55.0 Å². The molecule has 0 radical (unpaired) electrons. The lowest BCUT2D eigenvalue weighted by molar-refractivity contribution is -0.117. The number of carbonyl (C=O) groups excluding carboxylic acids is 1. The van der Waals surface area contributed by atoms with Crippen LogP contribution in [0.5, 0.6) is 0 Å². The number of nitrogens with one attached hydrogen (secondary N) is 2. The second kappa shape index (κ2) is 7.64. The number of aldehydes is 1. The number of halogens is 1. The molecule has 3 rings (SSSR count). The van der Waals surface area contributed by atoms with E-state index in [0.29, 0.717) is 12.6 Å². The SMILES string of the molecule is CNCNC(C=O)(c1cccc(C2=CC(Cl)CC=C2)c1)C1CCC1. The van der Waals surface area contributed by atoms with Gasteiger partial charge in [0.15, 0.2) is 0 Å². The Hall–Kier alpha value is -1.42. The molecule has 0 bridgehead atoms. The molecule has 4 heteroatoms. The minimum Gasteiger partial charge on any atom is -0.308 e. The van der Waals surface area contributed by atoms with Crippen LogP contribution in [0, 0.1) is 5.92 Å². The molecule has 2 aliphatic rings. The Balaban J connectivity index is 1.97. The van der Waals surface area contributed by atoms with Gasteiger partial charge in [-0.25, -0.2) is 0 Å². The van der Waals surface area contributed by atoms with Gasteiger partial charge in [-0.15, -0.1) is 11.6 Å². The Morgan fingerprint density at radius 3 is 2.83 bits per heavy atom. The fourth-order valence-electron chi connectivity index (χ4n) is 3.58. The topological polar surface area (TPSA) is 41.1 Å². The molecule has 1 aromatic rings. The molecule has 2 unspecified atom stereocenters. The van der Waals surface area contributed by atoms with Gasteiger partial charge in [0, 0.05) is 6.67 Å². The number of hydrogen-bond acceptors (Lipinski definition) is 3. The lowest BCUT2D eigenvalue weighted by atomic mass is 9.68. The van der Waals surface area contributed by atoms with E-state index < -0.39 is 5.54 Å². The monoisotopic (exact) mass is 344 g/mol. The predicted molar refractivity (Wildman–Crippen MR) is 100.0 cm³/mol. The summed E-state index contributed by atoms with van der Waals surface area (Å²) < 4.78 is 0. The first-order chi connectivity index (χ1) is 11.7. The summed E-state index contributed by atoms with van der Waals surface area (Å²) in [7, 11) is 1.89. The second-order valence-electron chi connectivity index (χ2n) is 6.68. The summed E-state index contributed by atoms with van der Waals surface area (Å²) in [5, 5.41) is 6.59. The van der Waals surface area contributed by atoms with E-state index in [4.69, 9.17) is 11.6 Å². The number of benzene rings is 1. The van der Waals surface area contributed by atoms with E-state index in [2.05, 4.69) is 47.1 Å². The molecular formula is C20H25ClN2O. The molecule has 3 nitrogen and oxygen atoms in total. The largest absolute Gasteiger partial charge is 0.308 e. The lowest BCUT2D eigenvalue weighted by Crippen LogP contribution is -2.54. The highest BCUT2D eigenvalue weighted by Gasteiger charge is 2.43. The maximum atomic E-state index is 12.2. The number of carbonyl (C=O) groups is 1. The van der Waals surface area contributed by atoms with Crippen molar-refractivity contribution in [3.63, 3.8) is 0 Å². The van der Waals surface area contributed by atoms with Crippen LogP contribution >= 0.6 is 11.6 Å². The van der Waals surface area contributed by atoms with E-state index >= 15 is 0 Å².